The quantitative estimate of drug-likeness (QED) is 0.554. The Balaban J connectivity index is 2.20. The summed E-state index contributed by atoms with van der Waals surface area (Å²) in [5.41, 5.74) is 0. The molecule has 0 heterocycles. The highest BCUT2D eigenvalue weighted by molar-refractivity contribution is 8.00. The van der Waals surface area contributed by atoms with Gasteiger partial charge in [0.25, 0.3) is 0 Å². The van der Waals surface area contributed by atoms with Gasteiger partial charge in [-0.15, -0.1) is 11.8 Å². The Kier molecular flexibility index (Phi) is 7.29. The molecular formula is C13H20N2O2S. The zero-order valence-corrected chi connectivity index (χ0v) is 11.7. The van der Waals surface area contributed by atoms with Crippen LogP contribution < -0.4 is 15.4 Å². The highest BCUT2D eigenvalue weighted by atomic mass is 32.2. The van der Waals surface area contributed by atoms with Gasteiger partial charge in [-0.25, -0.2) is 0 Å². The highest BCUT2D eigenvalue weighted by Crippen LogP contribution is 2.20. The van der Waals surface area contributed by atoms with Crippen molar-refractivity contribution in [2.75, 3.05) is 32.5 Å². The fourth-order valence-corrected chi connectivity index (χ4v) is 2.07. The van der Waals surface area contributed by atoms with E-state index in [2.05, 4.69) is 10.6 Å². The minimum atomic E-state index is 0.0636. The van der Waals surface area contributed by atoms with Crippen LogP contribution >= 0.6 is 11.8 Å². The SMILES string of the molecule is CCNCCNC(=O)CSc1ccc(OC)cc1. The van der Waals surface area contributed by atoms with Gasteiger partial charge >= 0.3 is 0 Å². The predicted molar refractivity (Wildman–Crippen MR) is 75.3 cm³/mol. The topological polar surface area (TPSA) is 50.4 Å². The molecule has 1 amide bonds. The molecule has 0 spiro atoms. The lowest BCUT2D eigenvalue weighted by molar-refractivity contribution is -0.118. The van der Waals surface area contributed by atoms with Crippen LogP contribution in [-0.4, -0.2) is 38.4 Å². The van der Waals surface area contributed by atoms with E-state index in [0.29, 0.717) is 12.3 Å². The van der Waals surface area contributed by atoms with Crippen LogP contribution in [0.3, 0.4) is 0 Å². The van der Waals surface area contributed by atoms with Gasteiger partial charge in [0.15, 0.2) is 0 Å². The number of thioether (sulfide) groups is 1. The van der Waals surface area contributed by atoms with Gasteiger partial charge in [-0.05, 0) is 30.8 Å². The van der Waals surface area contributed by atoms with Crippen LogP contribution in [0.1, 0.15) is 6.92 Å². The summed E-state index contributed by atoms with van der Waals surface area (Å²) in [6.45, 7) is 4.46. The minimum absolute atomic E-state index is 0.0636. The molecule has 0 aliphatic carbocycles. The minimum Gasteiger partial charge on any atom is -0.497 e. The second-order valence-electron chi connectivity index (χ2n) is 3.67. The van der Waals surface area contributed by atoms with Crippen molar-refractivity contribution < 1.29 is 9.53 Å². The van der Waals surface area contributed by atoms with E-state index in [9.17, 15) is 4.79 Å². The van der Waals surface area contributed by atoms with Crippen LogP contribution in [0.4, 0.5) is 0 Å². The standard InChI is InChI=1S/C13H20N2O2S/c1-3-14-8-9-15-13(16)10-18-12-6-4-11(17-2)5-7-12/h4-7,14H,3,8-10H2,1-2H3,(H,15,16). The maximum atomic E-state index is 11.5. The third kappa shape index (κ3) is 5.93. The lowest BCUT2D eigenvalue weighted by Gasteiger charge is -2.06. The molecular weight excluding hydrogens is 248 g/mol. The van der Waals surface area contributed by atoms with Crippen LogP contribution in [0.15, 0.2) is 29.2 Å². The fraction of sp³-hybridized carbons (Fsp3) is 0.462. The third-order valence-corrected chi connectivity index (χ3v) is 3.32. The van der Waals surface area contributed by atoms with Gasteiger partial charge in [0.1, 0.15) is 5.75 Å². The number of likely N-dealkylation sites (N-methyl/N-ethyl adjacent to an activating group) is 1. The largest absolute Gasteiger partial charge is 0.497 e. The molecule has 18 heavy (non-hydrogen) atoms. The molecule has 5 heteroatoms. The van der Waals surface area contributed by atoms with E-state index in [4.69, 9.17) is 4.74 Å². The Hall–Kier alpha value is -1.20. The molecule has 0 aromatic heterocycles. The van der Waals surface area contributed by atoms with E-state index in [1.165, 1.54) is 11.8 Å². The predicted octanol–water partition coefficient (Wildman–Crippen LogP) is 1.51. The number of hydrogen-bond acceptors (Lipinski definition) is 4. The van der Waals surface area contributed by atoms with E-state index >= 15 is 0 Å². The second kappa shape index (κ2) is 8.83. The third-order valence-electron chi connectivity index (χ3n) is 2.30. The number of carbonyl (C=O) groups excluding carboxylic acids is 1. The number of ether oxygens (including phenoxy) is 1. The summed E-state index contributed by atoms with van der Waals surface area (Å²) in [7, 11) is 1.64. The smallest absolute Gasteiger partial charge is 0.230 e. The van der Waals surface area contributed by atoms with Crippen LogP contribution in [0.2, 0.25) is 0 Å². The van der Waals surface area contributed by atoms with Gasteiger partial charge in [0.05, 0.1) is 12.9 Å². The Morgan fingerprint density at radius 1 is 1.28 bits per heavy atom. The van der Waals surface area contributed by atoms with Crippen molar-refractivity contribution in [1.82, 2.24) is 10.6 Å². The van der Waals surface area contributed by atoms with Crippen molar-refractivity contribution in [2.24, 2.45) is 0 Å². The molecule has 0 unspecified atom stereocenters. The second-order valence-corrected chi connectivity index (χ2v) is 4.72. The Morgan fingerprint density at radius 3 is 2.61 bits per heavy atom. The molecule has 0 saturated heterocycles. The Morgan fingerprint density at radius 2 is 2.00 bits per heavy atom. The summed E-state index contributed by atoms with van der Waals surface area (Å²) in [5, 5.41) is 6.02. The average Bonchev–Trinajstić information content (AvgIpc) is 2.42. The number of rotatable bonds is 8. The van der Waals surface area contributed by atoms with E-state index < -0.39 is 0 Å². The monoisotopic (exact) mass is 268 g/mol. The first-order valence-electron chi connectivity index (χ1n) is 6.00. The molecule has 0 radical (unpaired) electrons. The number of nitrogens with one attached hydrogen (secondary N) is 2. The number of benzene rings is 1. The number of hydrogen-bond donors (Lipinski definition) is 2. The molecule has 0 aliphatic rings. The van der Waals surface area contributed by atoms with E-state index in [-0.39, 0.29) is 5.91 Å². The molecule has 0 fully saturated rings. The van der Waals surface area contributed by atoms with Crippen LogP contribution in [-0.2, 0) is 4.79 Å². The van der Waals surface area contributed by atoms with Gasteiger partial charge in [-0.1, -0.05) is 6.92 Å². The summed E-state index contributed by atoms with van der Waals surface area (Å²) in [6, 6.07) is 7.70. The zero-order valence-electron chi connectivity index (χ0n) is 10.9. The van der Waals surface area contributed by atoms with E-state index in [1.54, 1.807) is 7.11 Å². The van der Waals surface area contributed by atoms with Crippen LogP contribution in [0.5, 0.6) is 5.75 Å². The van der Waals surface area contributed by atoms with Gasteiger partial charge in [0, 0.05) is 18.0 Å². The summed E-state index contributed by atoms with van der Waals surface area (Å²) in [6.07, 6.45) is 0. The lowest BCUT2D eigenvalue weighted by atomic mass is 10.3. The molecule has 100 valence electrons. The maximum Gasteiger partial charge on any atom is 0.230 e. The van der Waals surface area contributed by atoms with Crippen molar-refractivity contribution in [2.45, 2.75) is 11.8 Å². The summed E-state index contributed by atoms with van der Waals surface area (Å²) in [5.74, 6) is 1.33. The molecule has 0 saturated carbocycles. The first kappa shape index (κ1) is 14.9. The normalized spacial score (nSPS) is 10.1. The van der Waals surface area contributed by atoms with Crippen LogP contribution in [0.25, 0.3) is 0 Å². The number of amides is 1. The number of carbonyl (C=O) groups is 1. The van der Waals surface area contributed by atoms with E-state index in [1.807, 2.05) is 31.2 Å². The first-order chi connectivity index (χ1) is 8.76. The van der Waals surface area contributed by atoms with Gasteiger partial charge in [-0.3, -0.25) is 4.79 Å². The summed E-state index contributed by atoms with van der Waals surface area (Å²) in [4.78, 5) is 12.6. The van der Waals surface area contributed by atoms with Crippen molar-refractivity contribution in [1.29, 1.82) is 0 Å². The van der Waals surface area contributed by atoms with Crippen molar-refractivity contribution in [3.63, 3.8) is 0 Å². The van der Waals surface area contributed by atoms with Crippen molar-refractivity contribution in [3.8, 4) is 5.75 Å². The molecule has 0 bridgehead atoms. The molecule has 1 aromatic carbocycles. The molecule has 4 nitrogen and oxygen atoms in total. The fourth-order valence-electron chi connectivity index (χ4n) is 1.34. The molecule has 0 aliphatic heterocycles. The molecule has 0 atom stereocenters. The molecule has 1 aromatic rings. The zero-order chi connectivity index (χ0) is 13.2. The van der Waals surface area contributed by atoms with Crippen molar-refractivity contribution >= 4 is 17.7 Å². The molecule has 1 rings (SSSR count). The Labute approximate surface area is 112 Å². The maximum absolute atomic E-state index is 11.5. The van der Waals surface area contributed by atoms with Gasteiger partial charge in [-0.2, -0.15) is 0 Å². The van der Waals surface area contributed by atoms with Crippen molar-refractivity contribution in [3.05, 3.63) is 24.3 Å². The van der Waals surface area contributed by atoms with Crippen LogP contribution in [0, 0.1) is 0 Å². The summed E-state index contributed by atoms with van der Waals surface area (Å²) < 4.78 is 5.08. The first-order valence-corrected chi connectivity index (χ1v) is 6.99. The van der Waals surface area contributed by atoms with E-state index in [0.717, 1.165) is 23.7 Å². The highest BCUT2D eigenvalue weighted by Gasteiger charge is 2.02. The van der Waals surface area contributed by atoms with Gasteiger partial charge < -0.3 is 15.4 Å². The number of methoxy groups -OCH3 is 1. The summed E-state index contributed by atoms with van der Waals surface area (Å²) >= 11 is 1.52. The molecule has 2 N–H and O–H groups in total. The average molecular weight is 268 g/mol. The Bertz CT molecular complexity index is 355. The lowest BCUT2D eigenvalue weighted by Crippen LogP contribution is -2.32. The van der Waals surface area contributed by atoms with Gasteiger partial charge in [0.2, 0.25) is 5.91 Å².